The Morgan fingerprint density at radius 2 is 2.00 bits per heavy atom. The summed E-state index contributed by atoms with van der Waals surface area (Å²) >= 11 is 0. The molecule has 6 heteroatoms. The highest BCUT2D eigenvalue weighted by molar-refractivity contribution is 5.80. The van der Waals surface area contributed by atoms with Crippen LogP contribution in [0.1, 0.15) is 59.8 Å². The zero-order valence-corrected chi connectivity index (χ0v) is 17.3. The number of nitrogens with one attached hydrogen (secondary N) is 2. The molecule has 2 N–H and O–H groups in total. The highest BCUT2D eigenvalue weighted by Crippen LogP contribution is 2.18. The fraction of sp³-hybridized carbons (Fsp3) is 0.900. The summed E-state index contributed by atoms with van der Waals surface area (Å²) in [5, 5.41) is 6.93. The number of amides is 1. The fourth-order valence-electron chi connectivity index (χ4n) is 4.01. The molecule has 2 rings (SSSR count). The molecule has 6 nitrogen and oxygen atoms in total. The molecule has 0 saturated carbocycles. The molecule has 0 aliphatic carbocycles. The number of rotatable bonds is 7. The first kappa shape index (κ1) is 21.0. The van der Waals surface area contributed by atoms with Crippen molar-refractivity contribution in [3.63, 3.8) is 0 Å². The van der Waals surface area contributed by atoms with E-state index in [1.807, 2.05) is 11.8 Å². The second-order valence-electron chi connectivity index (χ2n) is 8.08. The molecule has 0 aromatic rings. The number of carbonyl (C=O) groups excluding carboxylic acids is 1. The number of likely N-dealkylation sites (tertiary alicyclic amines) is 2. The van der Waals surface area contributed by atoms with Crippen molar-refractivity contribution in [3.05, 3.63) is 0 Å². The summed E-state index contributed by atoms with van der Waals surface area (Å²) in [4.78, 5) is 21.4. The molecule has 2 aliphatic heterocycles. The molecular formula is C20H39N5O. The smallest absolute Gasteiger partial charge is 0.222 e. The monoisotopic (exact) mass is 365 g/mol. The van der Waals surface area contributed by atoms with E-state index in [2.05, 4.69) is 36.3 Å². The Kier molecular flexibility index (Phi) is 8.69. The van der Waals surface area contributed by atoms with Crippen LogP contribution < -0.4 is 10.6 Å². The summed E-state index contributed by atoms with van der Waals surface area (Å²) in [5.74, 6) is 1.85. The Morgan fingerprint density at radius 1 is 1.19 bits per heavy atom. The summed E-state index contributed by atoms with van der Waals surface area (Å²) in [6, 6.07) is 0.866. The van der Waals surface area contributed by atoms with Gasteiger partial charge in [-0.3, -0.25) is 14.7 Å². The maximum absolute atomic E-state index is 11.9. The minimum atomic E-state index is 0.253. The molecule has 1 amide bonds. The lowest BCUT2D eigenvalue weighted by Crippen LogP contribution is -2.47. The minimum absolute atomic E-state index is 0.253. The third kappa shape index (κ3) is 6.45. The van der Waals surface area contributed by atoms with Gasteiger partial charge in [0.05, 0.1) is 6.54 Å². The minimum Gasteiger partial charge on any atom is -0.357 e. The topological polar surface area (TPSA) is 60.0 Å². The van der Waals surface area contributed by atoms with Crippen molar-refractivity contribution in [2.75, 3.05) is 39.3 Å². The largest absolute Gasteiger partial charge is 0.357 e. The standard InChI is InChI=1S/C20H39N5O/c1-5-19(26)25-12-10-17(15-25)23-20(21-6-2)22-13-18-9-7-8-11-24(18)14-16(3)4/h16-18H,5-15H2,1-4H3,(H2,21,22,23). The second-order valence-corrected chi connectivity index (χ2v) is 8.08. The zero-order valence-electron chi connectivity index (χ0n) is 17.3. The van der Waals surface area contributed by atoms with Gasteiger partial charge in [-0.1, -0.05) is 27.2 Å². The van der Waals surface area contributed by atoms with Crippen molar-refractivity contribution in [3.8, 4) is 0 Å². The molecule has 0 aromatic heterocycles. The number of hydrogen-bond donors (Lipinski definition) is 2. The van der Waals surface area contributed by atoms with Gasteiger partial charge >= 0.3 is 0 Å². The van der Waals surface area contributed by atoms with Crippen LogP contribution in [0.5, 0.6) is 0 Å². The molecule has 2 heterocycles. The molecule has 2 atom stereocenters. The highest BCUT2D eigenvalue weighted by Gasteiger charge is 2.26. The predicted octanol–water partition coefficient (Wildman–Crippen LogP) is 2.06. The Morgan fingerprint density at radius 3 is 2.69 bits per heavy atom. The number of piperidine rings is 1. The summed E-state index contributed by atoms with van der Waals surface area (Å²) < 4.78 is 0. The van der Waals surface area contributed by atoms with Gasteiger partial charge in [-0.25, -0.2) is 0 Å². The second kappa shape index (κ2) is 10.8. The van der Waals surface area contributed by atoms with Crippen molar-refractivity contribution in [1.82, 2.24) is 20.4 Å². The van der Waals surface area contributed by atoms with Crippen LogP contribution in [-0.4, -0.2) is 73.0 Å². The third-order valence-corrected chi connectivity index (χ3v) is 5.34. The fourth-order valence-corrected chi connectivity index (χ4v) is 4.01. The van der Waals surface area contributed by atoms with Crippen molar-refractivity contribution in [2.45, 2.75) is 71.9 Å². The van der Waals surface area contributed by atoms with Crippen molar-refractivity contribution >= 4 is 11.9 Å². The van der Waals surface area contributed by atoms with Crippen molar-refractivity contribution < 1.29 is 4.79 Å². The third-order valence-electron chi connectivity index (χ3n) is 5.34. The van der Waals surface area contributed by atoms with Crippen LogP contribution in [0.4, 0.5) is 0 Å². The van der Waals surface area contributed by atoms with E-state index in [0.717, 1.165) is 38.6 Å². The van der Waals surface area contributed by atoms with Gasteiger partial charge in [-0.15, -0.1) is 0 Å². The van der Waals surface area contributed by atoms with Crippen molar-refractivity contribution in [2.24, 2.45) is 10.9 Å². The first-order chi connectivity index (χ1) is 12.5. The first-order valence-electron chi connectivity index (χ1n) is 10.6. The quantitative estimate of drug-likeness (QED) is 0.536. The molecule has 26 heavy (non-hydrogen) atoms. The average molecular weight is 366 g/mol. The Balaban J connectivity index is 1.90. The van der Waals surface area contributed by atoms with E-state index in [0.29, 0.717) is 24.4 Å². The lowest BCUT2D eigenvalue weighted by molar-refractivity contribution is -0.129. The molecule has 0 aromatic carbocycles. The van der Waals surface area contributed by atoms with E-state index >= 15 is 0 Å². The van der Waals surface area contributed by atoms with Crippen LogP contribution in [0.15, 0.2) is 4.99 Å². The molecule has 150 valence electrons. The normalized spacial score (nSPS) is 25.0. The Labute approximate surface area is 159 Å². The molecule has 2 aliphatic rings. The van der Waals surface area contributed by atoms with Crippen LogP contribution in [-0.2, 0) is 4.79 Å². The van der Waals surface area contributed by atoms with Gasteiger partial charge in [0.25, 0.3) is 0 Å². The summed E-state index contributed by atoms with van der Waals surface area (Å²) in [6.07, 6.45) is 5.47. The van der Waals surface area contributed by atoms with E-state index in [1.54, 1.807) is 0 Å². The van der Waals surface area contributed by atoms with Gasteiger partial charge in [-0.05, 0) is 38.6 Å². The van der Waals surface area contributed by atoms with E-state index in [-0.39, 0.29) is 5.91 Å². The summed E-state index contributed by atoms with van der Waals surface area (Å²) in [7, 11) is 0. The maximum Gasteiger partial charge on any atom is 0.222 e. The van der Waals surface area contributed by atoms with Crippen LogP contribution in [0, 0.1) is 5.92 Å². The van der Waals surface area contributed by atoms with Crippen molar-refractivity contribution in [1.29, 1.82) is 0 Å². The number of hydrogen-bond acceptors (Lipinski definition) is 3. The lowest BCUT2D eigenvalue weighted by atomic mass is 10.0. The van der Waals surface area contributed by atoms with Gasteiger partial charge in [0.1, 0.15) is 0 Å². The molecule has 0 bridgehead atoms. The van der Waals surface area contributed by atoms with Crippen LogP contribution in [0.2, 0.25) is 0 Å². The van der Waals surface area contributed by atoms with Crippen LogP contribution in [0.25, 0.3) is 0 Å². The Hall–Kier alpha value is -1.30. The number of nitrogens with zero attached hydrogens (tertiary/aromatic N) is 3. The van der Waals surface area contributed by atoms with Gasteiger partial charge in [0.2, 0.25) is 5.91 Å². The number of carbonyl (C=O) groups is 1. The van der Waals surface area contributed by atoms with Gasteiger partial charge in [0, 0.05) is 44.7 Å². The first-order valence-corrected chi connectivity index (χ1v) is 10.6. The van der Waals surface area contributed by atoms with E-state index in [1.165, 1.54) is 32.4 Å². The maximum atomic E-state index is 11.9. The zero-order chi connectivity index (χ0) is 18.9. The summed E-state index contributed by atoms with van der Waals surface area (Å²) in [6.45, 7) is 14.4. The highest BCUT2D eigenvalue weighted by atomic mass is 16.2. The molecule has 0 radical (unpaired) electrons. The molecule has 0 spiro atoms. The van der Waals surface area contributed by atoms with E-state index in [9.17, 15) is 4.79 Å². The molecule has 2 fully saturated rings. The van der Waals surface area contributed by atoms with Gasteiger partial charge < -0.3 is 15.5 Å². The van der Waals surface area contributed by atoms with Crippen LogP contribution >= 0.6 is 0 Å². The van der Waals surface area contributed by atoms with E-state index in [4.69, 9.17) is 4.99 Å². The SMILES string of the molecule is CCNC(=NCC1CCCCN1CC(C)C)NC1CCN(C(=O)CC)C1. The number of aliphatic imine (C=N–C) groups is 1. The lowest BCUT2D eigenvalue weighted by Gasteiger charge is -2.36. The Bertz CT molecular complexity index is 465. The average Bonchev–Trinajstić information content (AvgIpc) is 3.08. The van der Waals surface area contributed by atoms with Gasteiger partial charge in [-0.2, -0.15) is 0 Å². The summed E-state index contributed by atoms with van der Waals surface area (Å²) in [5.41, 5.74) is 0. The molecule has 2 saturated heterocycles. The van der Waals surface area contributed by atoms with Crippen LogP contribution in [0.3, 0.4) is 0 Å². The number of guanidine groups is 1. The predicted molar refractivity (Wildman–Crippen MR) is 108 cm³/mol. The van der Waals surface area contributed by atoms with E-state index < -0.39 is 0 Å². The molecular weight excluding hydrogens is 326 g/mol. The van der Waals surface area contributed by atoms with Gasteiger partial charge in [0.15, 0.2) is 5.96 Å². The molecule has 2 unspecified atom stereocenters.